The number of carbonyl (C=O) groups is 1. The number of aromatic nitrogens is 4. The Hall–Kier alpha value is -4.47. The summed E-state index contributed by atoms with van der Waals surface area (Å²) in [5.41, 5.74) is 9.89. The molecule has 1 fully saturated rings. The zero-order valence-electron chi connectivity index (χ0n) is 20.2. The Morgan fingerprint density at radius 3 is 2.33 bits per heavy atom. The van der Waals surface area contributed by atoms with Crippen LogP contribution in [0.15, 0.2) is 54.7 Å². The highest BCUT2D eigenvalue weighted by Crippen LogP contribution is 2.26. The molecule has 1 amide bonds. The van der Waals surface area contributed by atoms with Gasteiger partial charge >= 0.3 is 0 Å². The Kier molecular flexibility index (Phi) is 6.48. The maximum Gasteiger partial charge on any atom is 0.260 e. The largest absolute Gasteiger partial charge is 0.497 e. The molecule has 0 spiro atoms. The summed E-state index contributed by atoms with van der Waals surface area (Å²) < 4.78 is 10.8. The van der Waals surface area contributed by atoms with E-state index in [9.17, 15) is 4.79 Å². The molecule has 2 aromatic heterocycles. The van der Waals surface area contributed by atoms with Crippen molar-refractivity contribution in [1.82, 2.24) is 24.8 Å². The molecule has 0 unspecified atom stereocenters. The van der Waals surface area contributed by atoms with Gasteiger partial charge in [-0.05, 0) is 31.2 Å². The van der Waals surface area contributed by atoms with Crippen molar-refractivity contribution in [3.05, 3.63) is 60.3 Å². The van der Waals surface area contributed by atoms with Gasteiger partial charge in [0.25, 0.3) is 5.91 Å². The van der Waals surface area contributed by atoms with E-state index >= 15 is 0 Å². The molecular weight excluding hydrogens is 458 g/mol. The molecule has 1 saturated heterocycles. The molecule has 0 saturated carbocycles. The number of carbonyl (C=O) groups excluding carboxylic acids is 1. The van der Waals surface area contributed by atoms with E-state index in [0.29, 0.717) is 48.9 Å². The molecule has 0 atom stereocenters. The van der Waals surface area contributed by atoms with Crippen LogP contribution in [0, 0.1) is 6.92 Å². The van der Waals surface area contributed by atoms with Crippen LogP contribution in [0.3, 0.4) is 0 Å². The smallest absolute Gasteiger partial charge is 0.260 e. The minimum Gasteiger partial charge on any atom is -0.497 e. The maximum atomic E-state index is 12.7. The Morgan fingerprint density at radius 2 is 1.64 bits per heavy atom. The summed E-state index contributed by atoms with van der Waals surface area (Å²) in [4.78, 5) is 34.6. The lowest BCUT2D eigenvalue weighted by molar-refractivity contribution is -0.133. The lowest BCUT2D eigenvalue weighted by Crippen LogP contribution is -2.50. The Balaban J connectivity index is 1.28. The number of anilines is 2. The molecule has 10 heteroatoms. The predicted molar refractivity (Wildman–Crippen MR) is 137 cm³/mol. The number of rotatable bonds is 6. The summed E-state index contributed by atoms with van der Waals surface area (Å²) in [5.74, 6) is 2.05. The molecule has 4 aromatic rings. The number of hydrogen-bond donors (Lipinski definition) is 1. The third-order valence-corrected chi connectivity index (χ3v) is 6.11. The summed E-state index contributed by atoms with van der Waals surface area (Å²) in [5, 5.41) is 0. The van der Waals surface area contributed by atoms with E-state index < -0.39 is 0 Å². The van der Waals surface area contributed by atoms with E-state index in [-0.39, 0.29) is 18.5 Å². The van der Waals surface area contributed by atoms with Gasteiger partial charge in [0, 0.05) is 31.7 Å². The highest BCUT2D eigenvalue weighted by Gasteiger charge is 2.25. The van der Waals surface area contributed by atoms with Gasteiger partial charge in [-0.25, -0.2) is 9.97 Å². The first-order chi connectivity index (χ1) is 17.5. The van der Waals surface area contributed by atoms with Crippen LogP contribution < -0.4 is 20.1 Å². The van der Waals surface area contributed by atoms with Gasteiger partial charge in [0.2, 0.25) is 5.95 Å². The molecule has 10 nitrogen and oxygen atoms in total. The van der Waals surface area contributed by atoms with Crippen molar-refractivity contribution in [3.8, 4) is 22.8 Å². The van der Waals surface area contributed by atoms with Crippen molar-refractivity contribution in [2.24, 2.45) is 0 Å². The van der Waals surface area contributed by atoms with E-state index in [1.54, 1.807) is 42.5 Å². The first-order valence-electron chi connectivity index (χ1n) is 11.7. The molecule has 2 N–H and O–H groups in total. The summed E-state index contributed by atoms with van der Waals surface area (Å²) in [6, 6.07) is 15.3. The summed E-state index contributed by atoms with van der Waals surface area (Å²) in [6.07, 6.45) is 1.70. The molecule has 5 rings (SSSR count). The number of ether oxygens (including phenoxy) is 2. The third kappa shape index (κ3) is 4.97. The van der Waals surface area contributed by atoms with Crippen LogP contribution in [0.5, 0.6) is 11.5 Å². The number of nitrogen functional groups attached to an aromatic ring is 1. The van der Waals surface area contributed by atoms with Gasteiger partial charge in [-0.15, -0.1) is 0 Å². The van der Waals surface area contributed by atoms with Crippen LogP contribution in [0.4, 0.5) is 11.8 Å². The zero-order chi connectivity index (χ0) is 25.1. The fourth-order valence-electron chi connectivity index (χ4n) is 4.07. The average Bonchev–Trinajstić information content (AvgIpc) is 2.92. The number of hydrogen-bond acceptors (Lipinski definition) is 9. The zero-order valence-corrected chi connectivity index (χ0v) is 20.2. The van der Waals surface area contributed by atoms with Gasteiger partial charge in [0.15, 0.2) is 23.6 Å². The molecule has 0 radical (unpaired) electrons. The molecule has 2 aromatic carbocycles. The number of nitrogens with two attached hydrogens (primary N) is 1. The van der Waals surface area contributed by atoms with Crippen LogP contribution in [-0.4, -0.2) is 70.6 Å². The molecular formula is C26H27N7O3. The Bertz CT molecular complexity index is 1370. The lowest BCUT2D eigenvalue weighted by Gasteiger charge is -2.35. The fourth-order valence-corrected chi connectivity index (χ4v) is 4.07. The van der Waals surface area contributed by atoms with Crippen LogP contribution in [0.25, 0.3) is 22.4 Å². The van der Waals surface area contributed by atoms with Gasteiger partial charge in [0.1, 0.15) is 11.5 Å². The fraction of sp³-hybridized carbons (Fsp3) is 0.269. The molecule has 0 bridgehead atoms. The second kappa shape index (κ2) is 10.0. The second-order valence-electron chi connectivity index (χ2n) is 8.53. The van der Waals surface area contributed by atoms with Crippen LogP contribution in [-0.2, 0) is 4.79 Å². The molecule has 1 aliphatic rings. The summed E-state index contributed by atoms with van der Waals surface area (Å²) in [7, 11) is 1.60. The summed E-state index contributed by atoms with van der Waals surface area (Å²) in [6.45, 7) is 4.23. The standard InChI is InChI=1S/C26H27N7O3/c1-17-3-5-18(6-4-17)21-15-28-24-23(29-21)25(31-26(27)30-24)33-13-11-32(12-14-33)22(34)16-36-20-9-7-19(35-2)8-10-20/h3-10,15H,11-14,16H2,1-2H3,(H2,27,28,30,31). The minimum absolute atomic E-state index is 0.0267. The van der Waals surface area contributed by atoms with Gasteiger partial charge < -0.3 is 25.0 Å². The third-order valence-electron chi connectivity index (χ3n) is 6.11. The summed E-state index contributed by atoms with van der Waals surface area (Å²) >= 11 is 0. The van der Waals surface area contributed by atoms with Crippen molar-refractivity contribution >= 4 is 28.8 Å². The van der Waals surface area contributed by atoms with E-state index in [0.717, 1.165) is 17.0 Å². The van der Waals surface area contributed by atoms with E-state index in [2.05, 4.69) is 19.9 Å². The number of fused-ring (bicyclic) bond motifs is 1. The monoisotopic (exact) mass is 485 g/mol. The number of piperazine rings is 1. The first kappa shape index (κ1) is 23.3. The highest BCUT2D eigenvalue weighted by atomic mass is 16.5. The topological polar surface area (TPSA) is 120 Å². The number of nitrogens with zero attached hydrogens (tertiary/aromatic N) is 6. The van der Waals surface area contributed by atoms with Crippen LogP contribution in [0.2, 0.25) is 0 Å². The van der Waals surface area contributed by atoms with E-state index in [1.807, 2.05) is 31.2 Å². The molecule has 1 aliphatic heterocycles. The molecule has 3 heterocycles. The normalized spacial score (nSPS) is 13.6. The molecule has 36 heavy (non-hydrogen) atoms. The van der Waals surface area contributed by atoms with Crippen molar-refractivity contribution < 1.29 is 14.3 Å². The quantitative estimate of drug-likeness (QED) is 0.439. The number of methoxy groups -OCH3 is 1. The lowest BCUT2D eigenvalue weighted by atomic mass is 10.1. The van der Waals surface area contributed by atoms with Crippen molar-refractivity contribution in [2.45, 2.75) is 6.92 Å². The van der Waals surface area contributed by atoms with Crippen molar-refractivity contribution in [2.75, 3.05) is 50.5 Å². The number of benzene rings is 2. The minimum atomic E-state index is -0.0704. The van der Waals surface area contributed by atoms with Crippen molar-refractivity contribution in [1.29, 1.82) is 0 Å². The second-order valence-corrected chi connectivity index (χ2v) is 8.53. The van der Waals surface area contributed by atoms with Crippen molar-refractivity contribution in [3.63, 3.8) is 0 Å². The van der Waals surface area contributed by atoms with E-state index in [4.69, 9.17) is 20.2 Å². The number of aryl methyl sites for hydroxylation is 1. The predicted octanol–water partition coefficient (Wildman–Crippen LogP) is 2.71. The van der Waals surface area contributed by atoms with Gasteiger partial charge in [-0.2, -0.15) is 9.97 Å². The van der Waals surface area contributed by atoms with Gasteiger partial charge in [0.05, 0.1) is 19.0 Å². The van der Waals surface area contributed by atoms with Gasteiger partial charge in [-0.3, -0.25) is 4.79 Å². The highest BCUT2D eigenvalue weighted by molar-refractivity contribution is 5.86. The Labute approximate surface area is 208 Å². The SMILES string of the molecule is COc1ccc(OCC(=O)N2CCN(c3nc(N)nc4ncc(-c5ccc(C)cc5)nc34)CC2)cc1. The van der Waals surface area contributed by atoms with Crippen LogP contribution in [0.1, 0.15) is 5.56 Å². The average molecular weight is 486 g/mol. The molecule has 184 valence electrons. The van der Waals surface area contributed by atoms with Gasteiger partial charge in [-0.1, -0.05) is 29.8 Å². The van der Waals surface area contributed by atoms with E-state index in [1.165, 1.54) is 5.56 Å². The molecule has 0 aliphatic carbocycles. The number of amides is 1. The maximum absolute atomic E-state index is 12.7. The first-order valence-corrected chi connectivity index (χ1v) is 11.7. The van der Waals surface area contributed by atoms with Crippen LogP contribution >= 0.6 is 0 Å². The Morgan fingerprint density at radius 1 is 0.944 bits per heavy atom.